The van der Waals surface area contributed by atoms with Crippen molar-refractivity contribution in [2.75, 3.05) is 11.9 Å². The molecule has 2 aromatic rings. The minimum absolute atomic E-state index is 0.00214. The second-order valence-corrected chi connectivity index (χ2v) is 9.25. The molecule has 4 rings (SSSR count). The van der Waals surface area contributed by atoms with Crippen molar-refractivity contribution in [3.8, 4) is 0 Å². The molecule has 0 atom stereocenters. The molecule has 2 amide bonds. The number of hydrogen-bond acceptors (Lipinski definition) is 3. The molecule has 6 heteroatoms. The van der Waals surface area contributed by atoms with Crippen molar-refractivity contribution in [3.05, 3.63) is 64.1 Å². The van der Waals surface area contributed by atoms with Crippen LogP contribution in [0.4, 0.5) is 5.69 Å². The van der Waals surface area contributed by atoms with Crippen molar-refractivity contribution in [3.63, 3.8) is 0 Å². The zero-order valence-electron chi connectivity index (χ0n) is 17.3. The number of nitrogens with one attached hydrogen (secondary N) is 1. The second kappa shape index (κ2) is 8.34. The van der Waals surface area contributed by atoms with E-state index in [4.69, 9.17) is 4.99 Å². The summed E-state index contributed by atoms with van der Waals surface area (Å²) in [5.41, 5.74) is 2.44. The monoisotopic (exact) mass is 467 g/mol. The van der Waals surface area contributed by atoms with E-state index in [1.54, 1.807) is 4.90 Å². The summed E-state index contributed by atoms with van der Waals surface area (Å²) < 4.78 is 0.992. The molecule has 2 aliphatic rings. The number of benzene rings is 2. The topological polar surface area (TPSA) is 61.8 Å². The van der Waals surface area contributed by atoms with Crippen molar-refractivity contribution in [1.82, 2.24) is 4.90 Å². The number of nitrogens with zero attached hydrogens (tertiary/aromatic N) is 2. The highest BCUT2D eigenvalue weighted by atomic mass is 79.9. The standard InChI is InChI=1S/C24H26BrN3O2/c1-16-10-12-24(13-11-16)27-22(18-6-4-3-5-7-18)23(30)28(24)15-21(29)26-19-8-9-20(25)17(2)14-19/h3-9,14,16H,10-13,15H2,1-2H3,(H,26,29). The molecule has 1 fully saturated rings. The first-order chi connectivity index (χ1) is 14.4. The molecule has 1 N–H and O–H groups in total. The number of carbonyl (C=O) groups is 2. The molecule has 2 aromatic carbocycles. The number of aryl methyl sites for hydroxylation is 1. The molecule has 0 unspecified atom stereocenters. The highest BCUT2D eigenvalue weighted by Crippen LogP contribution is 2.41. The number of carbonyl (C=O) groups excluding carboxylic acids is 2. The lowest BCUT2D eigenvalue weighted by Crippen LogP contribution is -2.51. The molecule has 1 spiro atoms. The fourth-order valence-corrected chi connectivity index (χ4v) is 4.56. The Morgan fingerprint density at radius 1 is 1.20 bits per heavy atom. The van der Waals surface area contributed by atoms with Crippen molar-refractivity contribution < 1.29 is 9.59 Å². The largest absolute Gasteiger partial charge is 0.325 e. The molecular weight excluding hydrogens is 442 g/mol. The molecule has 156 valence electrons. The summed E-state index contributed by atoms with van der Waals surface area (Å²) in [4.78, 5) is 32.9. The van der Waals surface area contributed by atoms with E-state index in [1.165, 1.54) is 0 Å². The fraction of sp³-hybridized carbons (Fsp3) is 0.375. The number of halogens is 1. The Morgan fingerprint density at radius 2 is 1.90 bits per heavy atom. The van der Waals surface area contributed by atoms with E-state index in [0.717, 1.165) is 47.0 Å². The maximum atomic E-state index is 13.4. The van der Waals surface area contributed by atoms with Crippen LogP contribution in [0, 0.1) is 12.8 Å². The van der Waals surface area contributed by atoms with Gasteiger partial charge in [-0.1, -0.05) is 53.2 Å². The molecule has 1 aliphatic heterocycles. The predicted molar refractivity (Wildman–Crippen MR) is 123 cm³/mol. The maximum absolute atomic E-state index is 13.4. The average molecular weight is 468 g/mol. The Balaban J connectivity index is 1.58. The van der Waals surface area contributed by atoms with E-state index in [9.17, 15) is 9.59 Å². The van der Waals surface area contributed by atoms with Gasteiger partial charge in [-0.25, -0.2) is 0 Å². The highest BCUT2D eigenvalue weighted by Gasteiger charge is 2.49. The van der Waals surface area contributed by atoms with Gasteiger partial charge in [0.05, 0.1) is 0 Å². The Morgan fingerprint density at radius 3 is 2.57 bits per heavy atom. The van der Waals surface area contributed by atoms with Gasteiger partial charge in [-0.3, -0.25) is 14.6 Å². The lowest BCUT2D eigenvalue weighted by atomic mass is 9.82. The zero-order chi connectivity index (χ0) is 21.3. The van der Waals surface area contributed by atoms with E-state index in [-0.39, 0.29) is 18.4 Å². The van der Waals surface area contributed by atoms with Crippen LogP contribution in [0.5, 0.6) is 0 Å². The Kier molecular flexibility index (Phi) is 5.78. The summed E-state index contributed by atoms with van der Waals surface area (Å²) in [6.07, 6.45) is 3.59. The normalized spacial score (nSPS) is 23.6. The lowest BCUT2D eigenvalue weighted by Gasteiger charge is -2.40. The van der Waals surface area contributed by atoms with Gasteiger partial charge < -0.3 is 10.2 Å². The van der Waals surface area contributed by atoms with Gasteiger partial charge >= 0.3 is 0 Å². The van der Waals surface area contributed by atoms with Gasteiger partial charge in [0.2, 0.25) is 5.91 Å². The molecule has 1 saturated carbocycles. The van der Waals surface area contributed by atoms with E-state index in [0.29, 0.717) is 11.6 Å². The van der Waals surface area contributed by atoms with Crippen LogP contribution in [0.25, 0.3) is 0 Å². The minimum atomic E-state index is -0.609. The van der Waals surface area contributed by atoms with Crippen LogP contribution in [0.1, 0.15) is 43.7 Å². The summed E-state index contributed by atoms with van der Waals surface area (Å²) in [5, 5.41) is 2.94. The van der Waals surface area contributed by atoms with Crippen LogP contribution in [-0.2, 0) is 9.59 Å². The van der Waals surface area contributed by atoms with E-state index >= 15 is 0 Å². The van der Waals surface area contributed by atoms with E-state index < -0.39 is 5.66 Å². The Labute approximate surface area is 185 Å². The first kappa shape index (κ1) is 20.8. The third-order valence-electron chi connectivity index (χ3n) is 6.14. The van der Waals surface area contributed by atoms with Gasteiger partial charge in [-0.2, -0.15) is 0 Å². The molecule has 0 saturated heterocycles. The number of hydrogen-bond donors (Lipinski definition) is 1. The van der Waals surface area contributed by atoms with Gasteiger partial charge in [0, 0.05) is 15.7 Å². The molecule has 1 aliphatic carbocycles. The van der Waals surface area contributed by atoms with Crippen LogP contribution in [-0.4, -0.2) is 34.6 Å². The van der Waals surface area contributed by atoms with Gasteiger partial charge in [0.25, 0.3) is 5.91 Å². The lowest BCUT2D eigenvalue weighted by molar-refractivity contribution is -0.134. The summed E-state index contributed by atoms with van der Waals surface area (Å²) in [5.74, 6) is 0.258. The van der Waals surface area contributed by atoms with Crippen LogP contribution >= 0.6 is 15.9 Å². The summed E-state index contributed by atoms with van der Waals surface area (Å²) in [7, 11) is 0. The SMILES string of the molecule is Cc1cc(NC(=O)CN2C(=O)C(c3ccccc3)=NC23CCC(C)CC3)ccc1Br. The highest BCUT2D eigenvalue weighted by molar-refractivity contribution is 9.10. The van der Waals surface area contributed by atoms with Crippen LogP contribution in [0.2, 0.25) is 0 Å². The number of rotatable bonds is 4. The minimum Gasteiger partial charge on any atom is -0.325 e. The van der Waals surface area contributed by atoms with Crippen LogP contribution in [0.15, 0.2) is 58.0 Å². The van der Waals surface area contributed by atoms with Gasteiger partial charge in [0.15, 0.2) is 0 Å². The number of anilines is 1. The van der Waals surface area contributed by atoms with Crippen molar-refractivity contribution >= 4 is 39.1 Å². The van der Waals surface area contributed by atoms with Crippen LogP contribution in [0.3, 0.4) is 0 Å². The third-order valence-corrected chi connectivity index (χ3v) is 7.03. The third kappa shape index (κ3) is 4.06. The van der Waals surface area contributed by atoms with Gasteiger partial charge in [0.1, 0.15) is 17.9 Å². The van der Waals surface area contributed by atoms with Crippen LogP contribution < -0.4 is 5.32 Å². The van der Waals surface area contributed by atoms with Crippen molar-refractivity contribution in [2.24, 2.45) is 10.9 Å². The molecule has 1 heterocycles. The molecule has 5 nitrogen and oxygen atoms in total. The first-order valence-electron chi connectivity index (χ1n) is 10.4. The summed E-state index contributed by atoms with van der Waals surface area (Å²) >= 11 is 3.48. The average Bonchev–Trinajstić information content (AvgIpc) is 3.00. The Hall–Kier alpha value is -2.47. The smallest absolute Gasteiger partial charge is 0.275 e. The van der Waals surface area contributed by atoms with Gasteiger partial charge in [-0.15, -0.1) is 0 Å². The predicted octanol–water partition coefficient (Wildman–Crippen LogP) is 4.93. The first-order valence-corrected chi connectivity index (χ1v) is 11.2. The molecular formula is C24H26BrN3O2. The van der Waals surface area contributed by atoms with Crippen molar-refractivity contribution in [1.29, 1.82) is 0 Å². The number of aliphatic imine (C=N–C) groups is 1. The molecule has 0 aromatic heterocycles. The summed E-state index contributed by atoms with van der Waals surface area (Å²) in [6, 6.07) is 15.2. The quantitative estimate of drug-likeness (QED) is 0.692. The van der Waals surface area contributed by atoms with E-state index in [2.05, 4.69) is 28.2 Å². The summed E-state index contributed by atoms with van der Waals surface area (Å²) in [6.45, 7) is 4.21. The molecule has 0 radical (unpaired) electrons. The van der Waals surface area contributed by atoms with E-state index in [1.807, 2.05) is 55.5 Å². The number of amides is 2. The maximum Gasteiger partial charge on any atom is 0.275 e. The molecule has 30 heavy (non-hydrogen) atoms. The van der Waals surface area contributed by atoms with Gasteiger partial charge in [-0.05, 0) is 62.3 Å². The fourth-order valence-electron chi connectivity index (χ4n) is 4.31. The Bertz CT molecular complexity index is 995. The van der Waals surface area contributed by atoms with Crippen molar-refractivity contribution in [2.45, 2.75) is 45.2 Å². The zero-order valence-corrected chi connectivity index (χ0v) is 18.9. The second-order valence-electron chi connectivity index (χ2n) is 8.39. The molecule has 0 bridgehead atoms.